The molecule has 0 saturated heterocycles. The highest BCUT2D eigenvalue weighted by Crippen LogP contribution is 2.26. The summed E-state index contributed by atoms with van der Waals surface area (Å²) in [6.07, 6.45) is 2.08. The van der Waals surface area contributed by atoms with Crippen LogP contribution in [0.15, 0.2) is 16.2 Å². The molecule has 3 rings (SSSR count). The molecular weight excluding hydrogens is 308 g/mol. The van der Waals surface area contributed by atoms with E-state index >= 15 is 0 Å². The van der Waals surface area contributed by atoms with Crippen molar-refractivity contribution in [3.63, 3.8) is 0 Å². The second-order valence-electron chi connectivity index (χ2n) is 6.08. The molecule has 1 aliphatic rings. The standard InChI is InChI=1S/C17H20N4OS/c1-4-15-13-6-8-23-16(13)5-7-20(15)10-21-17(22)14(9-18)11(2)12(3)19-21/h6,8,15H,4-5,7,10H2,1-3H3/p+1/t15-/m0/s1. The molecule has 0 bridgehead atoms. The van der Waals surface area contributed by atoms with Gasteiger partial charge < -0.3 is 4.90 Å². The number of thiophene rings is 1. The highest BCUT2D eigenvalue weighted by atomic mass is 32.1. The molecule has 1 N–H and O–H groups in total. The van der Waals surface area contributed by atoms with Crippen LogP contribution < -0.4 is 10.5 Å². The molecule has 120 valence electrons. The van der Waals surface area contributed by atoms with Crippen molar-refractivity contribution in [3.8, 4) is 6.07 Å². The predicted octanol–water partition coefficient (Wildman–Crippen LogP) is 1.34. The van der Waals surface area contributed by atoms with Crippen molar-refractivity contribution >= 4 is 11.3 Å². The van der Waals surface area contributed by atoms with Crippen molar-refractivity contribution in [1.82, 2.24) is 9.78 Å². The van der Waals surface area contributed by atoms with E-state index in [4.69, 9.17) is 0 Å². The highest BCUT2D eigenvalue weighted by molar-refractivity contribution is 7.10. The second-order valence-corrected chi connectivity index (χ2v) is 7.08. The number of nitrogens with one attached hydrogen (secondary N) is 1. The van der Waals surface area contributed by atoms with Crippen LogP contribution in [0.4, 0.5) is 0 Å². The molecule has 0 saturated carbocycles. The molecule has 0 amide bonds. The molecule has 2 atom stereocenters. The summed E-state index contributed by atoms with van der Waals surface area (Å²) in [4.78, 5) is 15.3. The molecule has 0 spiro atoms. The van der Waals surface area contributed by atoms with Crippen LogP contribution in [0.2, 0.25) is 0 Å². The molecule has 0 radical (unpaired) electrons. The third kappa shape index (κ3) is 2.71. The lowest BCUT2D eigenvalue weighted by atomic mass is 9.98. The zero-order valence-electron chi connectivity index (χ0n) is 13.7. The van der Waals surface area contributed by atoms with E-state index in [0.29, 0.717) is 18.3 Å². The van der Waals surface area contributed by atoms with Crippen LogP contribution in [0.25, 0.3) is 0 Å². The summed E-state index contributed by atoms with van der Waals surface area (Å²) in [5.74, 6) is 0. The van der Waals surface area contributed by atoms with E-state index in [-0.39, 0.29) is 11.1 Å². The topological polar surface area (TPSA) is 63.1 Å². The van der Waals surface area contributed by atoms with E-state index in [0.717, 1.165) is 25.1 Å². The number of fused-ring (bicyclic) bond motifs is 1. The Balaban J connectivity index is 1.96. The maximum Gasteiger partial charge on any atom is 0.289 e. The summed E-state index contributed by atoms with van der Waals surface area (Å²) in [7, 11) is 0. The number of aryl methyl sites for hydroxylation is 1. The SMILES string of the molecule is CC[C@H]1c2ccsc2CC[NH+]1Cn1nc(C)c(C)c(C#N)c1=O. The lowest BCUT2D eigenvalue weighted by molar-refractivity contribution is -0.956. The molecule has 1 aliphatic heterocycles. The van der Waals surface area contributed by atoms with Crippen LogP contribution in [-0.4, -0.2) is 16.3 Å². The number of rotatable bonds is 3. The Morgan fingerprint density at radius 1 is 1.52 bits per heavy atom. The Morgan fingerprint density at radius 2 is 2.30 bits per heavy atom. The average Bonchev–Trinajstić information content (AvgIpc) is 3.01. The van der Waals surface area contributed by atoms with Gasteiger partial charge in [0, 0.05) is 23.3 Å². The molecule has 1 unspecified atom stereocenters. The third-order valence-electron chi connectivity index (χ3n) is 4.83. The van der Waals surface area contributed by atoms with E-state index in [2.05, 4.69) is 23.5 Å². The zero-order valence-corrected chi connectivity index (χ0v) is 14.5. The molecule has 5 nitrogen and oxygen atoms in total. The van der Waals surface area contributed by atoms with E-state index in [1.54, 1.807) is 6.92 Å². The molecule has 2 aromatic heterocycles. The normalized spacial score (nSPS) is 20.1. The van der Waals surface area contributed by atoms with Gasteiger partial charge >= 0.3 is 0 Å². The Hall–Kier alpha value is -1.97. The fraction of sp³-hybridized carbons (Fsp3) is 0.471. The lowest BCUT2D eigenvalue weighted by Crippen LogP contribution is -3.12. The van der Waals surface area contributed by atoms with Crippen molar-refractivity contribution in [1.29, 1.82) is 5.26 Å². The molecule has 0 fully saturated rings. The first-order chi connectivity index (χ1) is 11.1. The monoisotopic (exact) mass is 329 g/mol. The summed E-state index contributed by atoms with van der Waals surface area (Å²) in [5.41, 5.74) is 2.81. The summed E-state index contributed by atoms with van der Waals surface area (Å²) in [6, 6.07) is 4.65. The van der Waals surface area contributed by atoms with Crippen molar-refractivity contribution in [2.75, 3.05) is 6.54 Å². The van der Waals surface area contributed by atoms with Gasteiger partial charge in [-0.2, -0.15) is 15.0 Å². The van der Waals surface area contributed by atoms with E-state index in [1.807, 2.05) is 24.3 Å². The van der Waals surface area contributed by atoms with Crippen molar-refractivity contribution in [2.45, 2.75) is 46.3 Å². The largest absolute Gasteiger partial charge is 0.310 e. The molecule has 0 aliphatic carbocycles. The van der Waals surface area contributed by atoms with E-state index in [9.17, 15) is 10.1 Å². The first kappa shape index (κ1) is 15.9. The zero-order chi connectivity index (χ0) is 16.6. The summed E-state index contributed by atoms with van der Waals surface area (Å²) in [5, 5.41) is 15.8. The van der Waals surface area contributed by atoms with Gasteiger partial charge in [-0.3, -0.25) is 4.79 Å². The van der Waals surface area contributed by atoms with Crippen molar-refractivity contribution in [2.24, 2.45) is 0 Å². The van der Waals surface area contributed by atoms with Crippen LogP contribution in [0.1, 0.15) is 46.6 Å². The van der Waals surface area contributed by atoms with Crippen LogP contribution in [-0.2, 0) is 13.1 Å². The Morgan fingerprint density at radius 3 is 3.00 bits per heavy atom. The average molecular weight is 329 g/mol. The smallest absolute Gasteiger partial charge is 0.289 e. The van der Waals surface area contributed by atoms with E-state index in [1.165, 1.54) is 20.0 Å². The fourth-order valence-electron chi connectivity index (χ4n) is 3.43. The second kappa shape index (κ2) is 6.26. The maximum absolute atomic E-state index is 12.5. The molecule has 0 aromatic carbocycles. The van der Waals surface area contributed by atoms with Crippen LogP contribution in [0.5, 0.6) is 0 Å². The Labute approximate surface area is 139 Å². The van der Waals surface area contributed by atoms with E-state index < -0.39 is 0 Å². The minimum absolute atomic E-state index is 0.221. The predicted molar refractivity (Wildman–Crippen MR) is 89.6 cm³/mol. The molecule has 2 aromatic rings. The molecule has 6 heteroatoms. The Kier molecular flexibility index (Phi) is 4.33. The van der Waals surface area contributed by atoms with Crippen LogP contribution >= 0.6 is 11.3 Å². The summed E-state index contributed by atoms with van der Waals surface area (Å²) >= 11 is 1.83. The van der Waals surface area contributed by atoms with Gasteiger partial charge in [-0.1, -0.05) is 6.92 Å². The van der Waals surface area contributed by atoms with Gasteiger partial charge in [-0.05, 0) is 30.9 Å². The minimum Gasteiger partial charge on any atom is -0.310 e. The summed E-state index contributed by atoms with van der Waals surface area (Å²) < 4.78 is 1.48. The van der Waals surface area contributed by atoms with Crippen molar-refractivity contribution in [3.05, 3.63) is 49.1 Å². The van der Waals surface area contributed by atoms with Gasteiger partial charge in [-0.15, -0.1) is 11.3 Å². The quantitative estimate of drug-likeness (QED) is 0.924. The fourth-order valence-corrected chi connectivity index (χ4v) is 4.38. The lowest BCUT2D eigenvalue weighted by Gasteiger charge is -2.32. The molecular formula is C17H21N4OS+. The van der Waals surface area contributed by atoms with Gasteiger partial charge in [0.2, 0.25) is 0 Å². The number of aromatic nitrogens is 2. The van der Waals surface area contributed by atoms with Gasteiger partial charge in [0.1, 0.15) is 17.7 Å². The number of hydrogen-bond donors (Lipinski definition) is 1. The van der Waals surface area contributed by atoms with Crippen LogP contribution in [0.3, 0.4) is 0 Å². The van der Waals surface area contributed by atoms with Gasteiger partial charge in [-0.25, -0.2) is 0 Å². The summed E-state index contributed by atoms with van der Waals surface area (Å²) in [6.45, 7) is 7.34. The molecule has 3 heterocycles. The molecule has 23 heavy (non-hydrogen) atoms. The van der Waals surface area contributed by atoms with Gasteiger partial charge in [0.15, 0.2) is 6.67 Å². The first-order valence-corrected chi connectivity index (χ1v) is 8.84. The first-order valence-electron chi connectivity index (χ1n) is 7.96. The van der Waals surface area contributed by atoms with Crippen LogP contribution in [0, 0.1) is 25.2 Å². The maximum atomic E-state index is 12.5. The number of nitriles is 1. The number of quaternary nitrogens is 1. The van der Waals surface area contributed by atoms with Gasteiger partial charge in [0.05, 0.1) is 12.2 Å². The number of hydrogen-bond acceptors (Lipinski definition) is 4. The Bertz CT molecular complexity index is 830. The van der Waals surface area contributed by atoms with Crippen molar-refractivity contribution < 1.29 is 4.90 Å². The minimum atomic E-state index is -0.269. The third-order valence-corrected chi connectivity index (χ3v) is 5.83. The highest BCUT2D eigenvalue weighted by Gasteiger charge is 2.31. The number of nitrogens with zero attached hydrogens (tertiary/aromatic N) is 3. The van der Waals surface area contributed by atoms with Gasteiger partial charge in [0.25, 0.3) is 5.56 Å².